The molecular formula is C17H28FIN4O. The lowest BCUT2D eigenvalue weighted by Gasteiger charge is -2.25. The molecule has 1 saturated heterocycles. The minimum absolute atomic E-state index is 0. The molecule has 136 valence electrons. The van der Waals surface area contributed by atoms with Gasteiger partial charge in [-0.3, -0.25) is 9.89 Å². The second-order valence-electron chi connectivity index (χ2n) is 5.52. The van der Waals surface area contributed by atoms with Gasteiger partial charge in [-0.2, -0.15) is 0 Å². The summed E-state index contributed by atoms with van der Waals surface area (Å²) in [6.45, 7) is 9.01. The molecule has 5 nitrogen and oxygen atoms in total. The molecule has 0 spiro atoms. The summed E-state index contributed by atoms with van der Waals surface area (Å²) >= 11 is 0. The van der Waals surface area contributed by atoms with Crippen molar-refractivity contribution in [1.82, 2.24) is 15.5 Å². The molecule has 1 aliphatic rings. The maximum Gasteiger partial charge on any atom is 0.191 e. The Bertz CT molecular complexity index is 478. The Kier molecular flexibility index (Phi) is 10.9. The summed E-state index contributed by atoms with van der Waals surface area (Å²) in [5.74, 6) is 0.641. The molecule has 0 saturated carbocycles. The summed E-state index contributed by atoms with van der Waals surface area (Å²) in [6, 6.07) is 6.63. The Morgan fingerprint density at radius 2 is 1.92 bits per heavy atom. The predicted octanol–water partition coefficient (Wildman–Crippen LogP) is 1.87. The number of benzene rings is 1. The van der Waals surface area contributed by atoms with Crippen molar-refractivity contribution >= 4 is 29.9 Å². The molecule has 1 heterocycles. The van der Waals surface area contributed by atoms with Crippen molar-refractivity contribution in [2.45, 2.75) is 13.3 Å². The Hall–Kier alpha value is -0.930. The van der Waals surface area contributed by atoms with E-state index in [0.29, 0.717) is 0 Å². The van der Waals surface area contributed by atoms with Gasteiger partial charge in [0.1, 0.15) is 5.82 Å². The van der Waals surface area contributed by atoms with Crippen molar-refractivity contribution in [3.8, 4) is 0 Å². The van der Waals surface area contributed by atoms with Gasteiger partial charge in [-0.25, -0.2) is 4.39 Å². The van der Waals surface area contributed by atoms with Crippen molar-refractivity contribution in [1.29, 1.82) is 0 Å². The third kappa shape index (κ3) is 8.25. The van der Waals surface area contributed by atoms with Gasteiger partial charge in [-0.15, -0.1) is 24.0 Å². The lowest BCUT2D eigenvalue weighted by molar-refractivity contribution is 0.0394. The van der Waals surface area contributed by atoms with Gasteiger partial charge >= 0.3 is 0 Å². The summed E-state index contributed by atoms with van der Waals surface area (Å²) in [5.41, 5.74) is 1.11. The lowest BCUT2D eigenvalue weighted by atomic mass is 10.1. The van der Waals surface area contributed by atoms with E-state index in [2.05, 4.69) is 27.4 Å². The van der Waals surface area contributed by atoms with Crippen LogP contribution in [0.3, 0.4) is 0 Å². The Morgan fingerprint density at radius 1 is 1.21 bits per heavy atom. The Labute approximate surface area is 161 Å². The van der Waals surface area contributed by atoms with Crippen LogP contribution in [0.25, 0.3) is 0 Å². The molecule has 0 aromatic heterocycles. The van der Waals surface area contributed by atoms with E-state index in [9.17, 15) is 4.39 Å². The molecule has 1 aromatic rings. The molecule has 7 heteroatoms. The van der Waals surface area contributed by atoms with Crippen molar-refractivity contribution in [2.24, 2.45) is 4.99 Å². The maximum atomic E-state index is 12.9. The summed E-state index contributed by atoms with van der Waals surface area (Å²) in [6.07, 6.45) is 0.841. The van der Waals surface area contributed by atoms with Crippen molar-refractivity contribution in [3.05, 3.63) is 35.6 Å². The number of ether oxygens (including phenoxy) is 1. The number of halogens is 2. The van der Waals surface area contributed by atoms with Gasteiger partial charge in [0.2, 0.25) is 0 Å². The lowest BCUT2D eigenvalue weighted by Crippen LogP contribution is -2.40. The minimum atomic E-state index is -0.195. The number of nitrogens with one attached hydrogen (secondary N) is 2. The van der Waals surface area contributed by atoms with Crippen LogP contribution in [0.5, 0.6) is 0 Å². The van der Waals surface area contributed by atoms with E-state index in [1.54, 1.807) is 0 Å². The fourth-order valence-electron chi connectivity index (χ4n) is 2.45. The second-order valence-corrected chi connectivity index (χ2v) is 5.52. The summed E-state index contributed by atoms with van der Waals surface area (Å²) in [7, 11) is 0. The highest BCUT2D eigenvalue weighted by molar-refractivity contribution is 14.0. The number of aliphatic imine (C=N–C) groups is 1. The SMILES string of the molecule is CCNC(=NCCN1CCOCC1)NCCc1ccc(F)cc1.I. The number of hydrogen-bond donors (Lipinski definition) is 2. The maximum absolute atomic E-state index is 12.9. The molecule has 0 atom stereocenters. The quantitative estimate of drug-likeness (QED) is 0.379. The van der Waals surface area contributed by atoms with E-state index in [4.69, 9.17) is 4.74 Å². The van der Waals surface area contributed by atoms with Crippen LogP contribution in [0.2, 0.25) is 0 Å². The van der Waals surface area contributed by atoms with Crippen LogP contribution in [0.1, 0.15) is 12.5 Å². The van der Waals surface area contributed by atoms with E-state index >= 15 is 0 Å². The Balaban J connectivity index is 0.00000288. The zero-order valence-electron chi connectivity index (χ0n) is 14.3. The minimum Gasteiger partial charge on any atom is -0.379 e. The van der Waals surface area contributed by atoms with Crippen LogP contribution in [-0.2, 0) is 11.2 Å². The molecule has 0 radical (unpaired) electrons. The van der Waals surface area contributed by atoms with Crippen LogP contribution in [0, 0.1) is 5.82 Å². The first kappa shape index (κ1) is 21.1. The van der Waals surface area contributed by atoms with Gasteiger partial charge in [0.25, 0.3) is 0 Å². The average molecular weight is 450 g/mol. The zero-order chi connectivity index (χ0) is 16.3. The first-order valence-corrected chi connectivity index (χ1v) is 8.34. The van der Waals surface area contributed by atoms with E-state index < -0.39 is 0 Å². The van der Waals surface area contributed by atoms with Crippen molar-refractivity contribution in [2.75, 3.05) is 52.5 Å². The molecule has 1 aromatic carbocycles. The van der Waals surface area contributed by atoms with Crippen LogP contribution < -0.4 is 10.6 Å². The summed E-state index contributed by atoms with van der Waals surface area (Å²) in [4.78, 5) is 6.97. The number of nitrogens with zero attached hydrogens (tertiary/aromatic N) is 2. The number of morpholine rings is 1. The van der Waals surface area contributed by atoms with Gasteiger partial charge in [0, 0.05) is 32.7 Å². The van der Waals surface area contributed by atoms with Gasteiger partial charge in [-0.1, -0.05) is 12.1 Å². The van der Waals surface area contributed by atoms with Gasteiger partial charge in [0.15, 0.2) is 5.96 Å². The van der Waals surface area contributed by atoms with E-state index in [1.807, 2.05) is 12.1 Å². The van der Waals surface area contributed by atoms with E-state index in [-0.39, 0.29) is 29.8 Å². The molecule has 0 amide bonds. The highest BCUT2D eigenvalue weighted by Crippen LogP contribution is 2.02. The number of guanidine groups is 1. The number of rotatable bonds is 7. The topological polar surface area (TPSA) is 48.9 Å². The standard InChI is InChI=1S/C17H27FN4O.HI/c1-2-19-17(21-9-10-22-11-13-23-14-12-22)20-8-7-15-3-5-16(18)6-4-15;/h3-6H,2,7-14H2,1H3,(H2,19,20,21);1H. The highest BCUT2D eigenvalue weighted by atomic mass is 127. The van der Waals surface area contributed by atoms with Gasteiger partial charge in [0.05, 0.1) is 19.8 Å². The summed E-state index contributed by atoms with van der Waals surface area (Å²) in [5, 5.41) is 6.57. The normalized spacial score (nSPS) is 15.7. The van der Waals surface area contributed by atoms with Crippen LogP contribution in [-0.4, -0.2) is 63.3 Å². The van der Waals surface area contributed by atoms with Crippen LogP contribution in [0.15, 0.2) is 29.3 Å². The zero-order valence-corrected chi connectivity index (χ0v) is 16.6. The van der Waals surface area contributed by atoms with Crippen molar-refractivity contribution < 1.29 is 9.13 Å². The fraction of sp³-hybridized carbons (Fsp3) is 0.588. The number of hydrogen-bond acceptors (Lipinski definition) is 3. The molecule has 2 N–H and O–H groups in total. The molecule has 0 unspecified atom stereocenters. The van der Waals surface area contributed by atoms with Crippen molar-refractivity contribution in [3.63, 3.8) is 0 Å². The second kappa shape index (κ2) is 12.4. The van der Waals surface area contributed by atoms with Crippen LogP contribution >= 0.6 is 24.0 Å². The molecule has 24 heavy (non-hydrogen) atoms. The van der Waals surface area contributed by atoms with E-state index in [1.165, 1.54) is 12.1 Å². The Morgan fingerprint density at radius 3 is 2.58 bits per heavy atom. The van der Waals surface area contributed by atoms with Gasteiger partial charge in [-0.05, 0) is 31.0 Å². The fourth-order valence-corrected chi connectivity index (χ4v) is 2.45. The van der Waals surface area contributed by atoms with Crippen LogP contribution in [0.4, 0.5) is 4.39 Å². The highest BCUT2D eigenvalue weighted by Gasteiger charge is 2.09. The van der Waals surface area contributed by atoms with E-state index in [0.717, 1.165) is 70.4 Å². The molecule has 1 aliphatic heterocycles. The molecule has 1 fully saturated rings. The smallest absolute Gasteiger partial charge is 0.191 e. The molecule has 0 bridgehead atoms. The summed E-state index contributed by atoms with van der Waals surface area (Å²) < 4.78 is 18.2. The average Bonchev–Trinajstić information content (AvgIpc) is 2.58. The largest absolute Gasteiger partial charge is 0.379 e. The molecule has 2 rings (SSSR count). The third-order valence-corrected chi connectivity index (χ3v) is 3.75. The molecular weight excluding hydrogens is 422 g/mol. The molecule has 0 aliphatic carbocycles. The third-order valence-electron chi connectivity index (χ3n) is 3.75. The monoisotopic (exact) mass is 450 g/mol. The first-order valence-electron chi connectivity index (χ1n) is 8.34. The first-order chi connectivity index (χ1) is 11.3. The predicted molar refractivity (Wildman–Crippen MR) is 107 cm³/mol. The van der Waals surface area contributed by atoms with Gasteiger partial charge < -0.3 is 15.4 Å².